The van der Waals surface area contributed by atoms with Crippen LogP contribution in [-0.4, -0.2) is 60.8 Å². The average molecular weight is 525 g/mol. The number of carbonyl (C=O) groups excluding carboxylic acids is 2. The highest BCUT2D eigenvalue weighted by Crippen LogP contribution is 2.36. The van der Waals surface area contributed by atoms with Crippen molar-refractivity contribution in [2.75, 3.05) is 33.2 Å². The minimum absolute atomic E-state index is 0. The van der Waals surface area contributed by atoms with Crippen LogP contribution in [0.3, 0.4) is 0 Å². The fraction of sp³-hybridized carbons (Fsp3) is 0.591. The van der Waals surface area contributed by atoms with E-state index in [1.807, 2.05) is 24.1 Å². The first kappa shape index (κ1) is 22.8. The highest BCUT2D eigenvalue weighted by molar-refractivity contribution is 14.0. The van der Waals surface area contributed by atoms with Crippen LogP contribution in [0.1, 0.15) is 43.2 Å². The van der Waals surface area contributed by atoms with E-state index in [9.17, 15) is 9.59 Å². The maximum atomic E-state index is 12.0. The molecule has 164 valence electrons. The molecule has 1 aromatic rings. The van der Waals surface area contributed by atoms with Gasteiger partial charge in [-0.15, -0.1) is 24.0 Å². The minimum atomic E-state index is 0. The number of guanidine groups is 1. The summed E-state index contributed by atoms with van der Waals surface area (Å²) in [5.74, 6) is 1.30. The van der Waals surface area contributed by atoms with Gasteiger partial charge in [-0.05, 0) is 30.4 Å². The molecule has 7 nitrogen and oxygen atoms in total. The van der Waals surface area contributed by atoms with Crippen molar-refractivity contribution in [3.8, 4) is 0 Å². The van der Waals surface area contributed by atoms with E-state index in [-0.39, 0.29) is 41.2 Å². The van der Waals surface area contributed by atoms with Crippen molar-refractivity contribution < 1.29 is 9.59 Å². The van der Waals surface area contributed by atoms with E-state index in [2.05, 4.69) is 32.7 Å². The minimum Gasteiger partial charge on any atom is -0.355 e. The van der Waals surface area contributed by atoms with Crippen molar-refractivity contribution in [2.45, 2.75) is 45.2 Å². The molecule has 2 amide bonds. The number of nitrogens with one attached hydrogen (secondary N) is 2. The molecule has 0 bridgehead atoms. The van der Waals surface area contributed by atoms with Crippen LogP contribution in [-0.2, 0) is 22.7 Å². The molecule has 3 aliphatic rings. The molecule has 30 heavy (non-hydrogen) atoms. The van der Waals surface area contributed by atoms with Gasteiger partial charge >= 0.3 is 0 Å². The average Bonchev–Trinajstić information content (AvgIpc) is 3.29. The molecule has 0 aromatic heterocycles. The molecule has 1 aromatic carbocycles. The zero-order chi connectivity index (χ0) is 20.3. The first-order chi connectivity index (χ1) is 14.1. The first-order valence-corrected chi connectivity index (χ1v) is 10.7. The molecule has 3 aliphatic heterocycles. The summed E-state index contributed by atoms with van der Waals surface area (Å²) in [5, 5.41) is 6.52. The number of rotatable bonds is 4. The van der Waals surface area contributed by atoms with E-state index in [1.165, 1.54) is 11.1 Å². The van der Waals surface area contributed by atoms with E-state index in [4.69, 9.17) is 0 Å². The summed E-state index contributed by atoms with van der Waals surface area (Å²) in [4.78, 5) is 32.5. The number of piperidine rings is 1. The van der Waals surface area contributed by atoms with Crippen LogP contribution in [0.2, 0.25) is 0 Å². The lowest BCUT2D eigenvalue weighted by molar-refractivity contribution is -0.128. The van der Waals surface area contributed by atoms with Crippen LogP contribution >= 0.6 is 24.0 Å². The second-order valence-corrected chi connectivity index (χ2v) is 8.57. The highest BCUT2D eigenvalue weighted by Gasteiger charge is 2.42. The van der Waals surface area contributed by atoms with Crippen LogP contribution in [0.15, 0.2) is 29.3 Å². The molecule has 2 N–H and O–H groups in total. The largest absolute Gasteiger partial charge is 0.355 e. The van der Waals surface area contributed by atoms with E-state index >= 15 is 0 Å². The fourth-order valence-corrected chi connectivity index (χ4v) is 4.90. The maximum Gasteiger partial charge on any atom is 0.222 e. The van der Waals surface area contributed by atoms with Gasteiger partial charge in [-0.3, -0.25) is 14.6 Å². The Morgan fingerprint density at radius 3 is 2.67 bits per heavy atom. The van der Waals surface area contributed by atoms with Gasteiger partial charge < -0.3 is 20.4 Å². The molecule has 1 atom stereocenters. The number of hydrogen-bond donors (Lipinski definition) is 2. The maximum absolute atomic E-state index is 12.0. The van der Waals surface area contributed by atoms with Gasteiger partial charge in [-0.25, -0.2) is 0 Å². The molecular formula is C22H32IN5O2. The molecule has 3 saturated heterocycles. The quantitative estimate of drug-likeness (QED) is 0.359. The summed E-state index contributed by atoms with van der Waals surface area (Å²) in [6.45, 7) is 4.78. The standard InChI is InChI=1S/C22H31N5O2.HI/c1-23-21(27-11-5-9-22(16-27)12-19(28)25-15-22)24-13-17-6-2-3-7-18(17)14-26-10-4-8-20(26)29;/h2-3,6-7H,4-5,8-16H2,1H3,(H,23,24)(H,25,28);1H. The molecule has 0 aliphatic carbocycles. The van der Waals surface area contributed by atoms with Crippen LogP contribution in [0.5, 0.6) is 0 Å². The number of halogens is 1. The summed E-state index contributed by atoms with van der Waals surface area (Å²) >= 11 is 0. The topological polar surface area (TPSA) is 77.0 Å². The Morgan fingerprint density at radius 1 is 1.20 bits per heavy atom. The van der Waals surface area contributed by atoms with Crippen LogP contribution in [0, 0.1) is 5.41 Å². The number of benzene rings is 1. The number of likely N-dealkylation sites (tertiary alicyclic amines) is 2. The predicted octanol–water partition coefficient (Wildman–Crippen LogP) is 2.10. The third-order valence-electron chi connectivity index (χ3n) is 6.46. The molecule has 3 fully saturated rings. The fourth-order valence-electron chi connectivity index (χ4n) is 4.90. The zero-order valence-electron chi connectivity index (χ0n) is 17.7. The molecule has 0 radical (unpaired) electrons. The van der Waals surface area contributed by atoms with Gasteiger partial charge in [0.05, 0.1) is 0 Å². The van der Waals surface area contributed by atoms with Crippen LogP contribution in [0.25, 0.3) is 0 Å². The molecule has 1 unspecified atom stereocenters. The third-order valence-corrected chi connectivity index (χ3v) is 6.46. The number of hydrogen-bond acceptors (Lipinski definition) is 3. The molecule has 8 heteroatoms. The van der Waals surface area contributed by atoms with Crippen molar-refractivity contribution in [3.05, 3.63) is 35.4 Å². The van der Waals surface area contributed by atoms with E-state index in [0.29, 0.717) is 25.9 Å². The van der Waals surface area contributed by atoms with E-state index in [0.717, 1.165) is 51.4 Å². The lowest BCUT2D eigenvalue weighted by Crippen LogP contribution is -2.51. The first-order valence-electron chi connectivity index (χ1n) is 10.7. The van der Waals surface area contributed by atoms with E-state index in [1.54, 1.807) is 0 Å². The Labute approximate surface area is 195 Å². The van der Waals surface area contributed by atoms with Gasteiger partial charge in [0.15, 0.2) is 5.96 Å². The van der Waals surface area contributed by atoms with E-state index < -0.39 is 0 Å². The Balaban J connectivity index is 0.00000256. The smallest absolute Gasteiger partial charge is 0.222 e. The van der Waals surface area contributed by atoms with Crippen LogP contribution < -0.4 is 10.6 Å². The zero-order valence-corrected chi connectivity index (χ0v) is 20.0. The number of carbonyl (C=O) groups is 2. The van der Waals surface area contributed by atoms with Crippen molar-refractivity contribution in [1.29, 1.82) is 0 Å². The van der Waals surface area contributed by atoms with Crippen molar-refractivity contribution in [2.24, 2.45) is 10.4 Å². The number of amides is 2. The SMILES string of the molecule is CN=C(NCc1ccccc1CN1CCCC1=O)N1CCCC2(CNC(=O)C2)C1.I. The second kappa shape index (κ2) is 9.98. The van der Waals surface area contributed by atoms with Crippen molar-refractivity contribution in [3.63, 3.8) is 0 Å². The normalized spacial score (nSPS) is 24.2. The van der Waals surface area contributed by atoms with Gasteiger partial charge in [0.25, 0.3) is 0 Å². The second-order valence-electron chi connectivity index (χ2n) is 8.57. The molecule has 0 saturated carbocycles. The Bertz CT molecular complexity index is 814. The third kappa shape index (κ3) is 5.07. The number of nitrogens with zero attached hydrogens (tertiary/aromatic N) is 3. The van der Waals surface area contributed by atoms with Crippen molar-refractivity contribution in [1.82, 2.24) is 20.4 Å². The molecule has 1 spiro atoms. The molecule has 4 rings (SSSR count). The van der Waals surface area contributed by atoms with Gasteiger partial charge in [0.1, 0.15) is 0 Å². The Hall–Kier alpha value is -1.84. The molecular weight excluding hydrogens is 493 g/mol. The lowest BCUT2D eigenvalue weighted by Gasteiger charge is -2.40. The predicted molar refractivity (Wildman–Crippen MR) is 128 cm³/mol. The Morgan fingerprint density at radius 2 is 2.00 bits per heavy atom. The molecule has 3 heterocycles. The highest BCUT2D eigenvalue weighted by atomic mass is 127. The van der Waals surface area contributed by atoms with Crippen LogP contribution in [0.4, 0.5) is 0 Å². The summed E-state index contributed by atoms with van der Waals surface area (Å²) in [6, 6.07) is 8.30. The van der Waals surface area contributed by atoms with Gasteiger partial charge in [0.2, 0.25) is 11.8 Å². The van der Waals surface area contributed by atoms with Crippen molar-refractivity contribution >= 4 is 41.8 Å². The number of aliphatic imine (C=N–C) groups is 1. The van der Waals surface area contributed by atoms with Gasteiger partial charge in [0, 0.05) is 64.6 Å². The monoisotopic (exact) mass is 525 g/mol. The van der Waals surface area contributed by atoms with Gasteiger partial charge in [-0.1, -0.05) is 24.3 Å². The summed E-state index contributed by atoms with van der Waals surface area (Å²) in [5.41, 5.74) is 2.42. The summed E-state index contributed by atoms with van der Waals surface area (Å²) in [6.07, 6.45) is 4.41. The lowest BCUT2D eigenvalue weighted by atomic mass is 9.79. The summed E-state index contributed by atoms with van der Waals surface area (Å²) in [7, 11) is 1.82. The Kier molecular flexibility index (Phi) is 7.60. The van der Waals surface area contributed by atoms with Gasteiger partial charge in [-0.2, -0.15) is 0 Å². The summed E-state index contributed by atoms with van der Waals surface area (Å²) < 4.78 is 0.